The van der Waals surface area contributed by atoms with Crippen LogP contribution in [0.2, 0.25) is 5.02 Å². The van der Waals surface area contributed by atoms with Crippen molar-refractivity contribution in [2.45, 2.75) is 12.8 Å². The van der Waals surface area contributed by atoms with Gasteiger partial charge in [0, 0.05) is 48.3 Å². The largest absolute Gasteiger partial charge is 0.378 e. The van der Waals surface area contributed by atoms with Crippen LogP contribution in [0.1, 0.15) is 23.2 Å². The van der Waals surface area contributed by atoms with Crippen molar-refractivity contribution >= 4 is 46.4 Å². The standard InChI is InChI=1S/C19H17ClN4O5/c20-13-2-4-14(5-3-13)22-19(27)12-1-6-15(16(11-12)24(28)29)21-9-10-23-17(25)7-8-18(23)26/h1-6,11,21H,7-10H2,(H,22,27). The summed E-state index contributed by atoms with van der Waals surface area (Å²) in [6, 6.07) is 10.5. The van der Waals surface area contributed by atoms with Gasteiger partial charge in [0.2, 0.25) is 11.8 Å². The molecule has 1 aliphatic heterocycles. The highest BCUT2D eigenvalue weighted by Crippen LogP contribution is 2.26. The van der Waals surface area contributed by atoms with Gasteiger partial charge in [0.1, 0.15) is 5.69 Å². The molecule has 0 aliphatic carbocycles. The van der Waals surface area contributed by atoms with E-state index >= 15 is 0 Å². The Hall–Kier alpha value is -3.46. The number of likely N-dealkylation sites (tertiary alicyclic amines) is 1. The van der Waals surface area contributed by atoms with Crippen LogP contribution in [0.15, 0.2) is 42.5 Å². The number of nitro benzene ring substituents is 1. The van der Waals surface area contributed by atoms with E-state index in [9.17, 15) is 24.5 Å². The average molecular weight is 417 g/mol. The van der Waals surface area contributed by atoms with Crippen LogP contribution in [-0.4, -0.2) is 40.6 Å². The predicted molar refractivity (Wildman–Crippen MR) is 107 cm³/mol. The molecule has 9 nitrogen and oxygen atoms in total. The van der Waals surface area contributed by atoms with Gasteiger partial charge in [0.25, 0.3) is 11.6 Å². The third kappa shape index (κ3) is 4.88. The van der Waals surface area contributed by atoms with Gasteiger partial charge in [-0.2, -0.15) is 0 Å². The summed E-state index contributed by atoms with van der Waals surface area (Å²) in [5.74, 6) is -1.00. The molecule has 2 aromatic rings. The van der Waals surface area contributed by atoms with Gasteiger partial charge < -0.3 is 10.6 Å². The Morgan fingerprint density at radius 3 is 2.38 bits per heavy atom. The number of nitrogens with zero attached hydrogens (tertiary/aromatic N) is 2. The van der Waals surface area contributed by atoms with Crippen LogP contribution in [-0.2, 0) is 9.59 Å². The summed E-state index contributed by atoms with van der Waals surface area (Å²) in [6.07, 6.45) is 0.382. The summed E-state index contributed by atoms with van der Waals surface area (Å²) in [5, 5.41) is 17.4. The van der Waals surface area contributed by atoms with Gasteiger partial charge >= 0.3 is 0 Å². The van der Waals surface area contributed by atoms with Crippen molar-refractivity contribution in [2.75, 3.05) is 23.7 Å². The Kier molecular flexibility index (Phi) is 6.08. The molecule has 3 rings (SSSR count). The number of rotatable bonds is 7. The summed E-state index contributed by atoms with van der Waals surface area (Å²) < 4.78 is 0. The van der Waals surface area contributed by atoms with Crippen molar-refractivity contribution in [1.82, 2.24) is 4.90 Å². The number of nitro groups is 1. The molecule has 1 heterocycles. The van der Waals surface area contributed by atoms with Gasteiger partial charge in [-0.1, -0.05) is 11.6 Å². The molecule has 0 spiro atoms. The molecule has 0 unspecified atom stereocenters. The van der Waals surface area contributed by atoms with Crippen LogP contribution in [0.5, 0.6) is 0 Å². The number of nitrogens with one attached hydrogen (secondary N) is 2. The van der Waals surface area contributed by atoms with Gasteiger partial charge in [0.15, 0.2) is 0 Å². The number of anilines is 2. The lowest BCUT2D eigenvalue weighted by Crippen LogP contribution is -2.33. The normalized spacial score (nSPS) is 13.5. The minimum Gasteiger partial charge on any atom is -0.378 e. The molecule has 1 saturated heterocycles. The summed E-state index contributed by atoms with van der Waals surface area (Å²) >= 11 is 5.80. The summed E-state index contributed by atoms with van der Waals surface area (Å²) in [6.45, 7) is 0.280. The van der Waals surface area contributed by atoms with Gasteiger partial charge in [-0.05, 0) is 36.4 Å². The SMILES string of the molecule is O=C(Nc1ccc(Cl)cc1)c1ccc(NCCN2C(=O)CCC2=O)c([N+](=O)[O-])c1. The van der Waals surface area contributed by atoms with Crippen molar-refractivity contribution in [3.63, 3.8) is 0 Å². The van der Waals surface area contributed by atoms with Crippen LogP contribution < -0.4 is 10.6 Å². The number of hydrogen-bond donors (Lipinski definition) is 2. The number of carbonyl (C=O) groups excluding carboxylic acids is 3. The molecule has 0 saturated carbocycles. The Morgan fingerprint density at radius 2 is 1.76 bits per heavy atom. The van der Waals surface area contributed by atoms with E-state index < -0.39 is 10.8 Å². The smallest absolute Gasteiger partial charge is 0.293 e. The summed E-state index contributed by atoms with van der Waals surface area (Å²) in [7, 11) is 0. The summed E-state index contributed by atoms with van der Waals surface area (Å²) in [4.78, 5) is 47.5. The lowest BCUT2D eigenvalue weighted by atomic mass is 10.1. The molecule has 2 N–H and O–H groups in total. The van der Waals surface area contributed by atoms with Crippen LogP contribution in [0.3, 0.4) is 0 Å². The second-order valence-electron chi connectivity index (χ2n) is 6.32. The maximum atomic E-state index is 12.4. The maximum absolute atomic E-state index is 12.4. The Labute approximate surface area is 170 Å². The second-order valence-corrected chi connectivity index (χ2v) is 6.75. The number of carbonyl (C=O) groups is 3. The Bertz CT molecular complexity index is 961. The zero-order valence-corrected chi connectivity index (χ0v) is 15.9. The monoisotopic (exact) mass is 416 g/mol. The van der Waals surface area contributed by atoms with Gasteiger partial charge in [-0.3, -0.25) is 29.4 Å². The van der Waals surface area contributed by atoms with E-state index in [-0.39, 0.29) is 54.7 Å². The van der Waals surface area contributed by atoms with Crippen LogP contribution in [0, 0.1) is 10.1 Å². The first kappa shape index (κ1) is 20.3. The van der Waals surface area contributed by atoms with E-state index in [1.54, 1.807) is 24.3 Å². The lowest BCUT2D eigenvalue weighted by Gasteiger charge is -2.15. The lowest BCUT2D eigenvalue weighted by molar-refractivity contribution is -0.384. The van der Waals surface area contributed by atoms with E-state index in [4.69, 9.17) is 11.6 Å². The quantitative estimate of drug-likeness (QED) is 0.406. The third-order valence-electron chi connectivity index (χ3n) is 4.36. The fraction of sp³-hybridized carbons (Fsp3) is 0.211. The van der Waals surface area contributed by atoms with Crippen molar-refractivity contribution in [3.8, 4) is 0 Å². The third-order valence-corrected chi connectivity index (χ3v) is 4.62. The van der Waals surface area contributed by atoms with E-state index in [2.05, 4.69) is 10.6 Å². The minimum atomic E-state index is -0.604. The maximum Gasteiger partial charge on any atom is 0.293 e. The number of hydrogen-bond acceptors (Lipinski definition) is 6. The fourth-order valence-electron chi connectivity index (χ4n) is 2.88. The summed E-state index contributed by atoms with van der Waals surface area (Å²) in [5.41, 5.74) is 0.524. The fourth-order valence-corrected chi connectivity index (χ4v) is 3.01. The van der Waals surface area contributed by atoms with E-state index in [0.29, 0.717) is 10.7 Å². The zero-order chi connectivity index (χ0) is 21.0. The van der Waals surface area contributed by atoms with Gasteiger partial charge in [0.05, 0.1) is 4.92 Å². The predicted octanol–water partition coefficient (Wildman–Crippen LogP) is 3.06. The van der Waals surface area contributed by atoms with E-state index in [0.717, 1.165) is 4.90 Å². The van der Waals surface area contributed by atoms with Crippen molar-refractivity contribution in [3.05, 3.63) is 63.2 Å². The van der Waals surface area contributed by atoms with Crippen LogP contribution in [0.25, 0.3) is 0 Å². The van der Waals surface area contributed by atoms with Crippen molar-refractivity contribution in [2.24, 2.45) is 0 Å². The Balaban J connectivity index is 1.68. The molecule has 150 valence electrons. The molecule has 3 amide bonds. The van der Waals surface area contributed by atoms with Gasteiger partial charge in [-0.25, -0.2) is 0 Å². The van der Waals surface area contributed by atoms with Crippen LogP contribution >= 0.6 is 11.6 Å². The number of benzene rings is 2. The first-order valence-electron chi connectivity index (χ1n) is 8.77. The number of imide groups is 1. The van der Waals surface area contributed by atoms with Crippen molar-refractivity contribution < 1.29 is 19.3 Å². The molecule has 0 bridgehead atoms. The molecular formula is C19H17ClN4O5. The molecule has 1 aliphatic rings. The van der Waals surface area contributed by atoms with Crippen molar-refractivity contribution in [1.29, 1.82) is 0 Å². The number of halogens is 1. The highest BCUT2D eigenvalue weighted by Gasteiger charge is 2.28. The molecule has 2 aromatic carbocycles. The van der Waals surface area contributed by atoms with E-state index in [1.807, 2.05) is 0 Å². The molecule has 0 radical (unpaired) electrons. The topological polar surface area (TPSA) is 122 Å². The van der Waals surface area contributed by atoms with Crippen LogP contribution in [0.4, 0.5) is 17.1 Å². The molecule has 0 atom stereocenters. The molecular weight excluding hydrogens is 400 g/mol. The molecule has 1 fully saturated rings. The van der Waals surface area contributed by atoms with Gasteiger partial charge in [-0.15, -0.1) is 0 Å². The molecule has 0 aromatic heterocycles. The first-order chi connectivity index (χ1) is 13.8. The highest BCUT2D eigenvalue weighted by molar-refractivity contribution is 6.30. The molecule has 29 heavy (non-hydrogen) atoms. The van der Waals surface area contributed by atoms with E-state index in [1.165, 1.54) is 18.2 Å². The first-order valence-corrected chi connectivity index (χ1v) is 9.15. The molecule has 10 heteroatoms. The number of amides is 3. The Morgan fingerprint density at radius 1 is 1.10 bits per heavy atom. The second kappa shape index (κ2) is 8.70. The minimum absolute atomic E-state index is 0.113. The average Bonchev–Trinajstić information content (AvgIpc) is 3.01. The zero-order valence-electron chi connectivity index (χ0n) is 15.2. The highest BCUT2D eigenvalue weighted by atomic mass is 35.5.